The van der Waals surface area contributed by atoms with Gasteiger partial charge in [-0.25, -0.2) is 0 Å². The number of nitrogens with two attached hydrogens (primary N) is 1. The van der Waals surface area contributed by atoms with Gasteiger partial charge in [0, 0.05) is 5.56 Å². The van der Waals surface area contributed by atoms with Crippen LogP contribution in [0.25, 0.3) is 0 Å². The number of nitrogen functional groups attached to an aromatic ring is 1. The van der Waals surface area contributed by atoms with Crippen molar-refractivity contribution in [2.75, 3.05) is 5.73 Å². The molecule has 0 amide bonds. The van der Waals surface area contributed by atoms with E-state index in [2.05, 4.69) is 43.1 Å². The lowest BCUT2D eigenvalue weighted by Gasteiger charge is -2.58. The molecule has 3 fully saturated rings. The van der Waals surface area contributed by atoms with E-state index in [0.717, 1.165) is 48.4 Å². The SMILES string of the molecule is Cc1ccc(N=Nc2sc(N)c(C#N)c2C2CC[C@H]3[C@@H]4CC=C5C[C@@H](O)CC[C@]5(C)[C@H]4CC[C@]23C)cc1. The first kappa shape index (κ1) is 24.8. The third-order valence-corrected chi connectivity index (χ3v) is 11.7. The summed E-state index contributed by atoms with van der Waals surface area (Å²) in [6.07, 6.45) is 11.0. The van der Waals surface area contributed by atoms with Gasteiger partial charge in [-0.3, -0.25) is 0 Å². The number of anilines is 1. The molecule has 5 nitrogen and oxygen atoms in total. The number of nitriles is 1. The second kappa shape index (κ2) is 9.06. The van der Waals surface area contributed by atoms with Gasteiger partial charge >= 0.3 is 0 Å². The summed E-state index contributed by atoms with van der Waals surface area (Å²) >= 11 is 1.41. The number of hydrogen-bond acceptors (Lipinski definition) is 6. The zero-order chi connectivity index (χ0) is 25.9. The van der Waals surface area contributed by atoms with Gasteiger partial charge in [0.15, 0.2) is 0 Å². The Morgan fingerprint density at radius 2 is 1.84 bits per heavy atom. The van der Waals surface area contributed by atoms with Crippen LogP contribution in [0.1, 0.15) is 87.8 Å². The van der Waals surface area contributed by atoms with Crippen molar-refractivity contribution in [1.82, 2.24) is 0 Å². The molecular weight excluding hydrogens is 476 g/mol. The molecule has 194 valence electrons. The van der Waals surface area contributed by atoms with Crippen LogP contribution in [0.4, 0.5) is 15.7 Å². The fourth-order valence-electron chi connectivity index (χ4n) is 8.79. The predicted octanol–water partition coefficient (Wildman–Crippen LogP) is 8.33. The number of benzene rings is 1. The number of hydrogen-bond donors (Lipinski definition) is 2. The van der Waals surface area contributed by atoms with Gasteiger partial charge in [-0.05, 0) is 105 Å². The van der Waals surface area contributed by atoms with Gasteiger partial charge in [-0.1, -0.05) is 54.5 Å². The van der Waals surface area contributed by atoms with Crippen molar-refractivity contribution in [2.24, 2.45) is 38.8 Å². The highest BCUT2D eigenvalue weighted by Gasteiger charge is 2.59. The van der Waals surface area contributed by atoms with Crippen LogP contribution in [0.15, 0.2) is 46.1 Å². The summed E-state index contributed by atoms with van der Waals surface area (Å²) < 4.78 is 0. The predicted molar refractivity (Wildman–Crippen MR) is 149 cm³/mol. The molecule has 6 rings (SSSR count). The molecule has 4 aliphatic carbocycles. The van der Waals surface area contributed by atoms with Gasteiger partial charge in [0.25, 0.3) is 0 Å². The van der Waals surface area contributed by atoms with Gasteiger partial charge in [0.2, 0.25) is 0 Å². The van der Waals surface area contributed by atoms with E-state index in [1.807, 2.05) is 24.3 Å². The van der Waals surface area contributed by atoms with E-state index in [4.69, 9.17) is 5.73 Å². The smallest absolute Gasteiger partial charge is 0.145 e. The van der Waals surface area contributed by atoms with Gasteiger partial charge < -0.3 is 10.8 Å². The molecule has 1 aromatic carbocycles. The van der Waals surface area contributed by atoms with Gasteiger partial charge in [0.1, 0.15) is 16.1 Å². The first-order valence-electron chi connectivity index (χ1n) is 13.9. The normalized spacial score (nSPS) is 36.9. The quantitative estimate of drug-likeness (QED) is 0.318. The summed E-state index contributed by atoms with van der Waals surface area (Å²) in [6.45, 7) is 7.02. The Bertz CT molecular complexity index is 1300. The number of aryl methyl sites for hydroxylation is 1. The third kappa shape index (κ3) is 3.89. The molecule has 0 bridgehead atoms. The number of thiophene rings is 1. The van der Waals surface area contributed by atoms with E-state index in [-0.39, 0.29) is 22.9 Å². The number of azo groups is 1. The van der Waals surface area contributed by atoms with Crippen LogP contribution in [-0.4, -0.2) is 11.2 Å². The molecule has 1 unspecified atom stereocenters. The molecule has 7 atom stereocenters. The number of aliphatic hydroxyl groups is 1. The van der Waals surface area contributed by atoms with E-state index in [9.17, 15) is 10.4 Å². The molecule has 4 aliphatic rings. The summed E-state index contributed by atoms with van der Waals surface area (Å²) in [4.78, 5) is 0. The summed E-state index contributed by atoms with van der Waals surface area (Å²) in [5.41, 5.74) is 11.9. The molecule has 1 heterocycles. The van der Waals surface area contributed by atoms with E-state index in [1.54, 1.807) is 0 Å². The first-order valence-corrected chi connectivity index (χ1v) is 14.7. The molecule has 37 heavy (non-hydrogen) atoms. The molecule has 0 spiro atoms. The molecule has 6 heteroatoms. The Balaban J connectivity index is 1.34. The maximum Gasteiger partial charge on any atom is 0.145 e. The average Bonchev–Trinajstić information content (AvgIpc) is 3.39. The topological polar surface area (TPSA) is 94.8 Å². The minimum atomic E-state index is -0.165. The molecular formula is C31H38N4OS. The highest BCUT2D eigenvalue weighted by molar-refractivity contribution is 7.20. The number of fused-ring (bicyclic) bond motifs is 5. The van der Waals surface area contributed by atoms with E-state index in [0.29, 0.717) is 28.3 Å². The highest BCUT2D eigenvalue weighted by atomic mass is 32.1. The fourth-order valence-corrected chi connectivity index (χ4v) is 9.70. The minimum Gasteiger partial charge on any atom is -0.393 e. The average molecular weight is 515 g/mol. The summed E-state index contributed by atoms with van der Waals surface area (Å²) in [7, 11) is 0. The second-order valence-electron chi connectivity index (χ2n) is 12.5. The fraction of sp³-hybridized carbons (Fsp3) is 0.581. The molecule has 0 aliphatic heterocycles. The van der Waals surface area contributed by atoms with Crippen LogP contribution in [0.3, 0.4) is 0 Å². The number of nitrogens with zero attached hydrogens (tertiary/aromatic N) is 3. The van der Waals surface area contributed by atoms with Gasteiger partial charge in [0.05, 0.1) is 17.4 Å². The lowest BCUT2D eigenvalue weighted by molar-refractivity contribution is -0.0408. The van der Waals surface area contributed by atoms with Crippen molar-refractivity contribution >= 4 is 27.0 Å². The van der Waals surface area contributed by atoms with Crippen LogP contribution < -0.4 is 5.73 Å². The third-order valence-electron chi connectivity index (χ3n) is 10.8. The zero-order valence-electron chi connectivity index (χ0n) is 22.2. The highest BCUT2D eigenvalue weighted by Crippen LogP contribution is 2.69. The lowest BCUT2D eigenvalue weighted by Crippen LogP contribution is -2.50. The Morgan fingerprint density at radius 3 is 2.59 bits per heavy atom. The van der Waals surface area contributed by atoms with Crippen molar-refractivity contribution in [3.8, 4) is 6.07 Å². The van der Waals surface area contributed by atoms with Crippen LogP contribution in [0.2, 0.25) is 0 Å². The summed E-state index contributed by atoms with van der Waals surface area (Å²) in [6, 6.07) is 10.5. The number of aliphatic hydroxyl groups excluding tert-OH is 1. The number of allylic oxidation sites excluding steroid dienone is 1. The van der Waals surface area contributed by atoms with E-state index < -0.39 is 0 Å². The Kier molecular flexibility index (Phi) is 6.08. The zero-order valence-corrected chi connectivity index (χ0v) is 23.0. The Morgan fingerprint density at radius 1 is 1.05 bits per heavy atom. The first-order chi connectivity index (χ1) is 17.7. The van der Waals surface area contributed by atoms with Crippen molar-refractivity contribution in [3.05, 3.63) is 52.6 Å². The van der Waals surface area contributed by atoms with E-state index >= 15 is 0 Å². The van der Waals surface area contributed by atoms with Crippen LogP contribution >= 0.6 is 11.3 Å². The van der Waals surface area contributed by atoms with Crippen LogP contribution in [-0.2, 0) is 0 Å². The molecule has 0 radical (unpaired) electrons. The van der Waals surface area contributed by atoms with Crippen molar-refractivity contribution in [3.63, 3.8) is 0 Å². The monoisotopic (exact) mass is 514 g/mol. The Hall–Kier alpha value is -2.49. The van der Waals surface area contributed by atoms with Crippen LogP contribution in [0, 0.1) is 46.8 Å². The molecule has 3 N–H and O–H groups in total. The summed E-state index contributed by atoms with van der Waals surface area (Å²) in [5.74, 6) is 2.28. The molecule has 2 aromatic rings. The second-order valence-corrected chi connectivity index (χ2v) is 13.6. The molecule has 1 aromatic heterocycles. The minimum absolute atomic E-state index is 0.129. The Labute approximate surface area is 224 Å². The summed E-state index contributed by atoms with van der Waals surface area (Å²) in [5, 5.41) is 31.0. The van der Waals surface area contributed by atoms with E-state index in [1.165, 1.54) is 41.7 Å². The van der Waals surface area contributed by atoms with Crippen molar-refractivity contribution in [2.45, 2.75) is 84.2 Å². The molecule has 0 saturated heterocycles. The van der Waals surface area contributed by atoms with Crippen molar-refractivity contribution < 1.29 is 5.11 Å². The standard InChI is InChI=1S/C31H38N4OS/c1-18-4-7-20(8-5-18)34-35-29-27(23(17-32)28(33)37-29)26-11-10-24-22-9-6-19-16-21(36)12-14-30(19,2)25(22)13-15-31(24,26)3/h4-8,21-22,24-26,36H,9-16,33H2,1-3H3/t21-,22-,24-,25-,26?,30-,31-/m0/s1. The maximum absolute atomic E-state index is 10.3. The number of rotatable bonds is 3. The van der Waals surface area contributed by atoms with Crippen molar-refractivity contribution in [1.29, 1.82) is 5.26 Å². The lowest BCUT2D eigenvalue weighted by atomic mass is 9.47. The van der Waals surface area contributed by atoms with Gasteiger partial charge in [-0.15, -0.1) is 10.2 Å². The maximum atomic E-state index is 10.3. The van der Waals surface area contributed by atoms with Gasteiger partial charge in [-0.2, -0.15) is 5.26 Å². The largest absolute Gasteiger partial charge is 0.393 e. The molecule has 3 saturated carbocycles. The van der Waals surface area contributed by atoms with Crippen LogP contribution in [0.5, 0.6) is 0 Å².